The summed E-state index contributed by atoms with van der Waals surface area (Å²) in [7, 11) is 0. The molecule has 0 heterocycles. The minimum atomic E-state index is -1.22. The maximum atomic E-state index is 13.6. The lowest BCUT2D eigenvalue weighted by Crippen LogP contribution is -2.46. The topological polar surface area (TPSA) is 107 Å². The number of rotatable bonds is 7. The number of ether oxygens (including phenoxy) is 1. The van der Waals surface area contributed by atoms with E-state index < -0.39 is 39.9 Å². The summed E-state index contributed by atoms with van der Waals surface area (Å²) in [5.74, 6) is -3.49. The fraction of sp³-hybridized carbons (Fsp3) is 0.417. The van der Waals surface area contributed by atoms with Crippen molar-refractivity contribution in [3.8, 4) is 5.75 Å². The van der Waals surface area contributed by atoms with E-state index in [2.05, 4.69) is 5.32 Å². The van der Waals surface area contributed by atoms with Gasteiger partial charge in [-0.15, -0.1) is 0 Å². The average Bonchev–Trinajstić information content (AvgIpc) is 3.20. The molecule has 1 unspecified atom stereocenters. The Morgan fingerprint density at radius 3 is 2.67 bits per heavy atom. The molecule has 1 aromatic carbocycles. The Hall–Kier alpha value is -2.29. The predicted octanol–water partition coefficient (Wildman–Crippen LogP) is 0.858. The molecule has 0 bridgehead atoms. The molecule has 9 heteroatoms. The summed E-state index contributed by atoms with van der Waals surface area (Å²) in [5.41, 5.74) is 4.19. The fourth-order valence-electron chi connectivity index (χ4n) is 1.69. The van der Waals surface area contributed by atoms with Crippen molar-refractivity contribution < 1.29 is 23.2 Å². The van der Waals surface area contributed by atoms with Crippen molar-refractivity contribution in [3.63, 3.8) is 0 Å². The van der Waals surface area contributed by atoms with Gasteiger partial charge in [-0.3, -0.25) is 14.9 Å². The van der Waals surface area contributed by atoms with E-state index in [-0.39, 0.29) is 12.6 Å². The first-order valence-corrected chi connectivity index (χ1v) is 6.20. The van der Waals surface area contributed by atoms with Crippen molar-refractivity contribution in [2.75, 3.05) is 6.61 Å². The highest BCUT2D eigenvalue weighted by molar-refractivity contribution is 5.80. The van der Waals surface area contributed by atoms with E-state index in [0.717, 1.165) is 12.8 Å². The maximum absolute atomic E-state index is 13.6. The van der Waals surface area contributed by atoms with Crippen LogP contribution in [0, 0.1) is 21.7 Å². The number of nitro benzene ring substituents is 1. The molecule has 1 fully saturated rings. The van der Waals surface area contributed by atoms with Gasteiger partial charge in [-0.1, -0.05) is 0 Å². The standard InChI is InChI=1S/C12H13F2N3O4/c13-7-4-11(8(14)3-10(7)17(19)20)21-5-9(12(15)18)16-6-1-2-6/h3-4,6,9,16H,1-2,5H2,(H2,15,18). The van der Waals surface area contributed by atoms with E-state index in [1.54, 1.807) is 0 Å². The summed E-state index contributed by atoms with van der Waals surface area (Å²) in [6.45, 7) is -0.292. The summed E-state index contributed by atoms with van der Waals surface area (Å²) < 4.78 is 32.0. The highest BCUT2D eigenvalue weighted by atomic mass is 19.1. The van der Waals surface area contributed by atoms with Crippen LogP contribution in [0.3, 0.4) is 0 Å². The lowest BCUT2D eigenvalue weighted by atomic mass is 10.2. The molecule has 21 heavy (non-hydrogen) atoms. The number of benzene rings is 1. The maximum Gasteiger partial charge on any atom is 0.307 e. The van der Waals surface area contributed by atoms with E-state index in [1.165, 1.54) is 0 Å². The third-order valence-electron chi connectivity index (χ3n) is 2.96. The smallest absolute Gasteiger partial charge is 0.307 e. The normalized spacial score (nSPS) is 15.5. The van der Waals surface area contributed by atoms with Crippen molar-refractivity contribution in [2.24, 2.45) is 5.73 Å². The van der Waals surface area contributed by atoms with Gasteiger partial charge in [0.15, 0.2) is 11.6 Å². The SMILES string of the molecule is NC(=O)C(COc1cc(F)c([N+](=O)[O-])cc1F)NC1CC1. The molecule has 0 aliphatic heterocycles. The molecule has 7 nitrogen and oxygen atoms in total. The Morgan fingerprint density at radius 2 is 2.14 bits per heavy atom. The quantitative estimate of drug-likeness (QED) is 0.573. The number of nitrogens with one attached hydrogen (secondary N) is 1. The van der Waals surface area contributed by atoms with Gasteiger partial charge in [-0.2, -0.15) is 4.39 Å². The summed E-state index contributed by atoms with van der Waals surface area (Å²) in [6, 6.07) is 0.334. The van der Waals surface area contributed by atoms with Gasteiger partial charge in [-0.25, -0.2) is 4.39 Å². The number of amides is 1. The third-order valence-corrected chi connectivity index (χ3v) is 2.96. The Bertz CT molecular complexity index is 578. The molecule has 1 aromatic rings. The van der Waals surface area contributed by atoms with Crippen molar-refractivity contribution in [2.45, 2.75) is 24.9 Å². The van der Waals surface area contributed by atoms with Gasteiger partial charge in [0.05, 0.1) is 11.0 Å². The first-order valence-electron chi connectivity index (χ1n) is 6.20. The van der Waals surface area contributed by atoms with Crippen LogP contribution < -0.4 is 15.8 Å². The van der Waals surface area contributed by atoms with Crippen LogP contribution in [-0.4, -0.2) is 29.5 Å². The predicted molar refractivity (Wildman–Crippen MR) is 67.6 cm³/mol. The van der Waals surface area contributed by atoms with Crippen LogP contribution in [0.4, 0.5) is 14.5 Å². The second-order valence-corrected chi connectivity index (χ2v) is 4.70. The second-order valence-electron chi connectivity index (χ2n) is 4.70. The Balaban J connectivity index is 2.06. The lowest BCUT2D eigenvalue weighted by molar-refractivity contribution is -0.387. The lowest BCUT2D eigenvalue weighted by Gasteiger charge is -2.16. The zero-order valence-electron chi connectivity index (χ0n) is 10.8. The van der Waals surface area contributed by atoms with Crippen LogP contribution in [0.5, 0.6) is 5.75 Å². The van der Waals surface area contributed by atoms with Crippen LogP contribution in [0.2, 0.25) is 0 Å². The van der Waals surface area contributed by atoms with Crippen molar-refractivity contribution >= 4 is 11.6 Å². The number of nitrogens with two attached hydrogens (primary N) is 1. The average molecular weight is 301 g/mol. The van der Waals surface area contributed by atoms with E-state index in [9.17, 15) is 23.7 Å². The van der Waals surface area contributed by atoms with Gasteiger partial charge in [-0.05, 0) is 12.8 Å². The number of nitrogens with zero attached hydrogens (tertiary/aromatic N) is 1. The molecule has 2 rings (SSSR count). The van der Waals surface area contributed by atoms with E-state index in [4.69, 9.17) is 10.5 Å². The van der Waals surface area contributed by atoms with Gasteiger partial charge >= 0.3 is 5.69 Å². The first-order chi connectivity index (χ1) is 9.88. The van der Waals surface area contributed by atoms with E-state index in [0.29, 0.717) is 12.1 Å². The van der Waals surface area contributed by atoms with Crippen LogP contribution >= 0.6 is 0 Å². The highest BCUT2D eigenvalue weighted by Gasteiger charge is 2.28. The van der Waals surface area contributed by atoms with E-state index >= 15 is 0 Å². The zero-order valence-corrected chi connectivity index (χ0v) is 10.8. The molecule has 0 radical (unpaired) electrons. The minimum Gasteiger partial charge on any atom is -0.488 e. The molecular formula is C12H13F2N3O4. The Kier molecular flexibility index (Phi) is 4.32. The van der Waals surface area contributed by atoms with Crippen LogP contribution in [0.15, 0.2) is 12.1 Å². The fourth-order valence-corrected chi connectivity index (χ4v) is 1.69. The number of primary amides is 1. The summed E-state index contributed by atoms with van der Waals surface area (Å²) in [6.07, 6.45) is 1.81. The van der Waals surface area contributed by atoms with Crippen LogP contribution in [-0.2, 0) is 4.79 Å². The number of halogens is 2. The monoisotopic (exact) mass is 301 g/mol. The molecule has 114 valence electrons. The highest BCUT2D eigenvalue weighted by Crippen LogP contribution is 2.26. The number of nitro groups is 1. The first kappa shape index (κ1) is 15.1. The molecule has 3 N–H and O–H groups in total. The molecule has 0 aromatic heterocycles. The van der Waals surface area contributed by atoms with Crippen molar-refractivity contribution in [3.05, 3.63) is 33.9 Å². The Labute approximate surface area is 118 Å². The van der Waals surface area contributed by atoms with Crippen molar-refractivity contribution in [1.82, 2.24) is 5.32 Å². The van der Waals surface area contributed by atoms with Gasteiger partial charge in [0.2, 0.25) is 11.7 Å². The molecule has 0 saturated heterocycles. The minimum absolute atomic E-state index is 0.171. The summed E-state index contributed by atoms with van der Waals surface area (Å²) in [5, 5.41) is 13.4. The van der Waals surface area contributed by atoms with Gasteiger partial charge in [0.1, 0.15) is 12.6 Å². The van der Waals surface area contributed by atoms with Crippen LogP contribution in [0.1, 0.15) is 12.8 Å². The number of carbonyl (C=O) groups excluding carboxylic acids is 1. The molecule has 0 spiro atoms. The van der Waals surface area contributed by atoms with E-state index in [1.807, 2.05) is 0 Å². The second kappa shape index (κ2) is 6.00. The molecule has 1 amide bonds. The Morgan fingerprint density at radius 1 is 1.48 bits per heavy atom. The molecule has 1 aliphatic rings. The largest absolute Gasteiger partial charge is 0.488 e. The molecular weight excluding hydrogens is 288 g/mol. The molecule has 1 atom stereocenters. The number of carbonyl (C=O) groups is 1. The third kappa shape index (κ3) is 3.85. The van der Waals surface area contributed by atoms with Gasteiger partial charge in [0.25, 0.3) is 0 Å². The summed E-state index contributed by atoms with van der Waals surface area (Å²) in [4.78, 5) is 20.6. The summed E-state index contributed by atoms with van der Waals surface area (Å²) >= 11 is 0. The van der Waals surface area contributed by atoms with Crippen molar-refractivity contribution in [1.29, 1.82) is 0 Å². The number of hydrogen-bond acceptors (Lipinski definition) is 5. The molecule has 1 aliphatic carbocycles. The molecule has 1 saturated carbocycles. The number of hydrogen-bond donors (Lipinski definition) is 2. The van der Waals surface area contributed by atoms with Crippen LogP contribution in [0.25, 0.3) is 0 Å². The zero-order chi connectivity index (χ0) is 15.6. The van der Waals surface area contributed by atoms with Gasteiger partial charge < -0.3 is 15.8 Å². The van der Waals surface area contributed by atoms with Gasteiger partial charge in [0, 0.05) is 12.1 Å².